The maximum Gasteiger partial charge on any atom is 0.354 e. The number of nitrogen functional groups attached to an aromatic ring is 1. The van der Waals surface area contributed by atoms with Crippen LogP contribution in [-0.4, -0.2) is 123 Å². The molecule has 1 fully saturated rings. The van der Waals surface area contributed by atoms with Gasteiger partial charge in [-0.1, -0.05) is 29.0 Å². The van der Waals surface area contributed by atoms with Gasteiger partial charge in [-0.25, -0.2) is 19.6 Å². The number of hydrogen-bond acceptors (Lipinski definition) is 18. The summed E-state index contributed by atoms with van der Waals surface area (Å²) in [6.07, 6.45) is 2.89. The lowest BCUT2D eigenvalue weighted by Crippen LogP contribution is -2.71. The Labute approximate surface area is 308 Å². The molecule has 0 radical (unpaired) electrons. The molecule has 2 aromatic rings. The Balaban J connectivity index is 1.34. The molecule has 0 aliphatic carbocycles. The zero-order valence-corrected chi connectivity index (χ0v) is 29.6. The van der Waals surface area contributed by atoms with Gasteiger partial charge in [-0.2, -0.15) is 0 Å². The Morgan fingerprint density at radius 1 is 1.02 bits per heavy atom. The number of oxime groups is 2. The highest BCUT2D eigenvalue weighted by atomic mass is 32.2. The zero-order valence-electron chi connectivity index (χ0n) is 26.4. The number of carboxylic acid groups (broad SMARTS) is 2. The van der Waals surface area contributed by atoms with Gasteiger partial charge in [0.2, 0.25) is 0 Å². The number of nitrogens with two attached hydrogens (primary N) is 1. The van der Waals surface area contributed by atoms with E-state index in [1.807, 2.05) is 0 Å². The maximum atomic E-state index is 13.7. The largest absolute Gasteiger partial charge is 0.477 e. The second kappa shape index (κ2) is 15.7. The summed E-state index contributed by atoms with van der Waals surface area (Å²) in [6.45, 7) is 5.20. The van der Waals surface area contributed by atoms with Crippen molar-refractivity contribution in [3.8, 4) is 0 Å². The highest BCUT2D eigenvalue weighted by molar-refractivity contribution is 8.00. The van der Waals surface area contributed by atoms with Crippen molar-refractivity contribution < 1.29 is 49.4 Å². The second-order valence-electron chi connectivity index (χ2n) is 10.5. The number of nitrogens with zero attached hydrogens (tertiary/aromatic N) is 6. The van der Waals surface area contributed by atoms with Crippen LogP contribution in [0.4, 0.5) is 10.3 Å². The summed E-state index contributed by atoms with van der Waals surface area (Å²) in [5.74, 6) is -6.11. The Bertz CT molecular complexity index is 2040. The molecule has 52 heavy (non-hydrogen) atoms. The molecular formula is C28H26N10O10S4. The van der Waals surface area contributed by atoms with Crippen LogP contribution in [0.15, 0.2) is 61.6 Å². The quantitative estimate of drug-likeness (QED) is 0.0613. The number of carbonyl (C=O) groups is 6. The van der Waals surface area contributed by atoms with Crippen LogP contribution in [0.3, 0.4) is 0 Å². The molecule has 20 nitrogen and oxygen atoms in total. The number of rotatable bonds is 12. The molecule has 5 heterocycles. The van der Waals surface area contributed by atoms with E-state index in [1.165, 1.54) is 28.6 Å². The van der Waals surface area contributed by atoms with E-state index in [2.05, 4.69) is 47.8 Å². The Hall–Kier alpha value is -5.59. The summed E-state index contributed by atoms with van der Waals surface area (Å²) >= 11 is 3.99. The lowest BCUT2D eigenvalue weighted by Gasteiger charge is -2.49. The van der Waals surface area contributed by atoms with Gasteiger partial charge in [0.1, 0.15) is 45.6 Å². The summed E-state index contributed by atoms with van der Waals surface area (Å²) in [5, 5.41) is 52.4. The minimum atomic E-state index is -1.59. The zero-order chi connectivity index (χ0) is 37.9. The van der Waals surface area contributed by atoms with Crippen LogP contribution in [0.5, 0.6) is 0 Å². The van der Waals surface area contributed by atoms with Crippen LogP contribution >= 0.6 is 46.2 Å². The molecule has 0 aromatic carbocycles. The predicted octanol–water partition coefficient (Wildman–Crippen LogP) is 0.131. The molecular weight excluding hydrogens is 765 g/mol. The van der Waals surface area contributed by atoms with Crippen LogP contribution in [0, 0.1) is 0 Å². The highest BCUT2D eigenvalue weighted by Crippen LogP contribution is 2.40. The highest BCUT2D eigenvalue weighted by Gasteiger charge is 2.54. The van der Waals surface area contributed by atoms with Gasteiger partial charge in [0.15, 0.2) is 21.7 Å². The van der Waals surface area contributed by atoms with Gasteiger partial charge in [-0.05, 0) is 18.1 Å². The molecule has 9 N–H and O–H groups in total. The number of carboxylic acids is 2. The fraction of sp³-hybridized carbons (Fsp3) is 0.250. The van der Waals surface area contributed by atoms with Crippen molar-refractivity contribution in [2.75, 3.05) is 22.6 Å². The van der Waals surface area contributed by atoms with Gasteiger partial charge in [0.05, 0.1) is 0 Å². The third kappa shape index (κ3) is 7.39. The molecule has 4 atom stereocenters. The number of hydrogen-bond donors (Lipinski definition) is 8. The molecule has 5 rings (SSSR count). The van der Waals surface area contributed by atoms with Crippen molar-refractivity contribution in [1.82, 2.24) is 25.5 Å². The number of amides is 4. The topological polar surface area (TPSA) is 312 Å². The standard InChI is InChI=1S/C28H26N10O10S4/c1-3-9-5-49-22(34-13(9)25(43)44)16(32-19(39)14(36-47)11-7-51-27(29)30-11)21(41)35-28-31-12(8-52-28)15(37-48)20(40)33-17-23(42)38-18(26(45)46)10(4-2)6-50-24(17)38/h3-4,7-8,16-17,22,24,47-48H,2,5-6H2,1H3,(H2,29,30)(H,32,39)(H,33,40)(H,43,44)(H,45,46)(H,31,35,41)/b9-3+,36-14?,37-15?/t16-,17-,22-,24-/m1/s1. The number of aromatic nitrogens is 2. The van der Waals surface area contributed by atoms with Gasteiger partial charge in [0.25, 0.3) is 23.6 Å². The fourth-order valence-corrected chi connectivity index (χ4v) is 8.81. The molecule has 272 valence electrons. The lowest BCUT2D eigenvalue weighted by molar-refractivity contribution is -0.150. The molecule has 3 aliphatic heterocycles. The van der Waals surface area contributed by atoms with E-state index in [-0.39, 0.29) is 44.6 Å². The second-order valence-corrected chi connectivity index (χ2v) is 14.4. The van der Waals surface area contributed by atoms with Gasteiger partial charge in [0, 0.05) is 22.3 Å². The first kappa shape index (κ1) is 37.7. The van der Waals surface area contributed by atoms with Gasteiger partial charge >= 0.3 is 11.9 Å². The Morgan fingerprint density at radius 3 is 2.29 bits per heavy atom. The number of β-lactam (4-membered cyclic amide) rings is 1. The number of nitrogens with one attached hydrogen (secondary N) is 3. The van der Waals surface area contributed by atoms with Crippen molar-refractivity contribution in [2.45, 2.75) is 29.8 Å². The molecule has 1 saturated heterocycles. The molecule has 0 spiro atoms. The monoisotopic (exact) mass is 790 g/mol. The first-order valence-electron chi connectivity index (χ1n) is 14.5. The maximum absolute atomic E-state index is 13.7. The molecule has 4 amide bonds. The first-order chi connectivity index (χ1) is 24.8. The Kier molecular flexibility index (Phi) is 11.4. The number of aliphatic imine (C=N–C) groups is 1. The molecule has 0 saturated carbocycles. The summed E-state index contributed by atoms with van der Waals surface area (Å²) in [4.78, 5) is 90.0. The average Bonchev–Trinajstić information content (AvgIpc) is 3.77. The number of carbonyl (C=O) groups excluding carboxylic acids is 4. The van der Waals surface area contributed by atoms with E-state index in [9.17, 15) is 49.4 Å². The smallest absolute Gasteiger partial charge is 0.354 e. The van der Waals surface area contributed by atoms with E-state index >= 15 is 0 Å². The van der Waals surface area contributed by atoms with Crippen LogP contribution in [0.25, 0.3) is 0 Å². The summed E-state index contributed by atoms with van der Waals surface area (Å²) in [5.41, 5.74) is 4.22. The third-order valence-electron chi connectivity index (χ3n) is 7.48. The third-order valence-corrected chi connectivity index (χ3v) is 11.4. The molecule has 0 unspecified atom stereocenters. The van der Waals surface area contributed by atoms with Crippen LogP contribution in [-0.2, 0) is 28.8 Å². The first-order valence-corrected chi connectivity index (χ1v) is 18.3. The molecule has 2 aromatic heterocycles. The predicted molar refractivity (Wildman–Crippen MR) is 191 cm³/mol. The Morgan fingerprint density at radius 2 is 1.69 bits per heavy atom. The van der Waals surface area contributed by atoms with Crippen LogP contribution < -0.4 is 21.7 Å². The van der Waals surface area contributed by atoms with Crippen LogP contribution in [0.1, 0.15) is 18.3 Å². The van der Waals surface area contributed by atoms with Crippen molar-refractivity contribution in [2.24, 2.45) is 15.3 Å². The number of thioether (sulfide) groups is 2. The molecule has 0 bridgehead atoms. The van der Waals surface area contributed by atoms with E-state index in [1.54, 1.807) is 13.0 Å². The number of anilines is 2. The number of thiazole rings is 2. The summed E-state index contributed by atoms with van der Waals surface area (Å²) < 4.78 is 0. The van der Waals surface area contributed by atoms with Crippen molar-refractivity contribution in [3.05, 3.63) is 57.7 Å². The molecule has 3 aliphatic rings. The summed E-state index contributed by atoms with van der Waals surface area (Å²) in [7, 11) is 0. The lowest BCUT2D eigenvalue weighted by atomic mass is 10.0. The average molecular weight is 791 g/mol. The molecule has 24 heteroatoms. The van der Waals surface area contributed by atoms with E-state index in [0.717, 1.165) is 39.3 Å². The normalized spacial score (nSPS) is 21.8. The number of fused-ring (bicyclic) bond motifs is 1. The summed E-state index contributed by atoms with van der Waals surface area (Å²) in [6, 6.07) is -2.75. The van der Waals surface area contributed by atoms with E-state index in [0.29, 0.717) is 11.1 Å². The number of aliphatic carboxylic acids is 2. The van der Waals surface area contributed by atoms with E-state index < -0.39 is 69.8 Å². The van der Waals surface area contributed by atoms with Gasteiger partial charge in [-0.15, -0.1) is 46.2 Å². The van der Waals surface area contributed by atoms with Crippen molar-refractivity contribution in [1.29, 1.82) is 0 Å². The number of allylic oxidation sites excluding steroid dienone is 2. The van der Waals surface area contributed by atoms with Crippen molar-refractivity contribution >= 4 is 109 Å². The minimum Gasteiger partial charge on any atom is -0.477 e. The van der Waals surface area contributed by atoms with Crippen LogP contribution in [0.2, 0.25) is 0 Å². The fourth-order valence-electron chi connectivity index (χ4n) is 5.00. The van der Waals surface area contributed by atoms with E-state index in [4.69, 9.17) is 5.73 Å². The SMILES string of the molecule is C=CC1=C(C(=O)O)N2C(=O)[C@@H](NC(=O)C(=NO)c3csc(NC(=O)[C@@H](NC(=O)C(=NO)c4csc(N)n4)[C@@H]4N=C(C(=O)O)/C(=C/C)CS4)n3)[C@H]2SC1. The van der Waals surface area contributed by atoms with Gasteiger partial charge < -0.3 is 42.3 Å². The van der Waals surface area contributed by atoms with Crippen molar-refractivity contribution in [3.63, 3.8) is 0 Å². The minimum absolute atomic E-state index is 0.0652. The van der Waals surface area contributed by atoms with Gasteiger partial charge in [-0.3, -0.25) is 29.1 Å².